The molecule has 0 saturated heterocycles. The number of carbonyl (C=O) groups is 1. The van der Waals surface area contributed by atoms with Gasteiger partial charge >= 0.3 is 0 Å². The summed E-state index contributed by atoms with van der Waals surface area (Å²) in [7, 11) is 0. The minimum Gasteiger partial charge on any atom is -0.490 e. The molecule has 134 valence electrons. The van der Waals surface area contributed by atoms with Gasteiger partial charge in [-0.05, 0) is 68.6 Å². The van der Waals surface area contributed by atoms with E-state index in [9.17, 15) is 4.79 Å². The number of terminal acetylenes is 1. The second-order valence-electron chi connectivity index (χ2n) is 4.93. The molecular formula is C19H16Br2N2O3. The first-order valence-electron chi connectivity index (χ1n) is 7.67. The first-order chi connectivity index (χ1) is 12.6. The van der Waals surface area contributed by atoms with Crippen molar-refractivity contribution in [1.82, 2.24) is 5.43 Å². The van der Waals surface area contributed by atoms with Crippen LogP contribution in [-0.4, -0.2) is 25.3 Å². The lowest BCUT2D eigenvalue weighted by Gasteiger charge is -2.13. The minimum atomic E-state index is -0.313. The van der Waals surface area contributed by atoms with Gasteiger partial charge in [0.1, 0.15) is 6.61 Å². The maximum atomic E-state index is 12.1. The molecule has 0 aromatic heterocycles. The Labute approximate surface area is 169 Å². The third kappa shape index (κ3) is 5.35. The summed E-state index contributed by atoms with van der Waals surface area (Å²) >= 11 is 6.77. The summed E-state index contributed by atoms with van der Waals surface area (Å²) in [6.45, 7) is 2.48. The predicted octanol–water partition coefficient (Wildman–Crippen LogP) is 4.39. The van der Waals surface area contributed by atoms with Gasteiger partial charge in [0.05, 0.1) is 22.9 Å². The number of halogens is 2. The molecule has 0 spiro atoms. The lowest BCUT2D eigenvalue weighted by molar-refractivity contribution is 0.0954. The molecule has 0 radical (unpaired) electrons. The summed E-state index contributed by atoms with van der Waals surface area (Å²) in [5.74, 6) is 3.17. The second-order valence-corrected chi connectivity index (χ2v) is 6.64. The molecule has 0 atom stereocenters. The van der Waals surface area contributed by atoms with Crippen molar-refractivity contribution in [2.75, 3.05) is 13.2 Å². The molecule has 1 amide bonds. The average Bonchev–Trinajstić information content (AvgIpc) is 2.61. The first kappa shape index (κ1) is 20.0. The van der Waals surface area contributed by atoms with Gasteiger partial charge in [-0.15, -0.1) is 6.42 Å². The molecule has 0 aliphatic carbocycles. The SMILES string of the molecule is C#CCOc1c(Br)cc(/C=N/NC(=O)c2ccccc2Br)cc1OCC. The van der Waals surface area contributed by atoms with E-state index in [4.69, 9.17) is 15.9 Å². The van der Waals surface area contributed by atoms with Crippen LogP contribution >= 0.6 is 31.9 Å². The van der Waals surface area contributed by atoms with Gasteiger partial charge in [0.15, 0.2) is 11.5 Å². The number of amides is 1. The number of ether oxygens (including phenoxy) is 2. The van der Waals surface area contributed by atoms with Crippen molar-refractivity contribution in [3.05, 3.63) is 56.5 Å². The first-order valence-corrected chi connectivity index (χ1v) is 9.26. The Morgan fingerprint density at radius 1 is 1.27 bits per heavy atom. The maximum absolute atomic E-state index is 12.1. The van der Waals surface area contributed by atoms with Crippen LogP contribution in [-0.2, 0) is 0 Å². The van der Waals surface area contributed by atoms with Gasteiger partial charge in [0.2, 0.25) is 0 Å². The van der Waals surface area contributed by atoms with Gasteiger partial charge in [-0.25, -0.2) is 5.43 Å². The summed E-state index contributed by atoms with van der Waals surface area (Å²) in [6.07, 6.45) is 6.76. The maximum Gasteiger partial charge on any atom is 0.272 e. The van der Waals surface area contributed by atoms with E-state index in [-0.39, 0.29) is 12.5 Å². The number of carbonyl (C=O) groups excluding carboxylic acids is 1. The zero-order valence-electron chi connectivity index (χ0n) is 14.0. The fourth-order valence-electron chi connectivity index (χ4n) is 2.05. The average molecular weight is 480 g/mol. The van der Waals surface area contributed by atoms with Crippen LogP contribution in [0.2, 0.25) is 0 Å². The highest BCUT2D eigenvalue weighted by atomic mass is 79.9. The quantitative estimate of drug-likeness (QED) is 0.364. The molecule has 0 bridgehead atoms. The summed E-state index contributed by atoms with van der Waals surface area (Å²) in [6, 6.07) is 10.7. The molecule has 26 heavy (non-hydrogen) atoms. The van der Waals surface area contributed by atoms with Crippen LogP contribution in [0.3, 0.4) is 0 Å². The smallest absolute Gasteiger partial charge is 0.272 e. The Morgan fingerprint density at radius 3 is 2.73 bits per heavy atom. The third-order valence-corrected chi connectivity index (χ3v) is 4.41. The van der Waals surface area contributed by atoms with Crippen molar-refractivity contribution in [3.8, 4) is 23.8 Å². The van der Waals surface area contributed by atoms with Crippen molar-refractivity contribution in [3.63, 3.8) is 0 Å². The molecule has 2 rings (SSSR count). The number of benzene rings is 2. The fourth-order valence-corrected chi connectivity index (χ4v) is 3.09. The standard InChI is InChI=1S/C19H16Br2N2O3/c1-3-9-26-18-16(21)10-13(11-17(18)25-4-2)12-22-23-19(24)14-7-5-6-8-15(14)20/h1,5-8,10-12H,4,9H2,2H3,(H,23,24)/b22-12+. The van der Waals surface area contributed by atoms with Crippen molar-refractivity contribution in [2.45, 2.75) is 6.92 Å². The Balaban J connectivity index is 2.16. The van der Waals surface area contributed by atoms with Crippen LogP contribution in [0.25, 0.3) is 0 Å². The molecule has 7 heteroatoms. The number of hydrogen-bond acceptors (Lipinski definition) is 4. The molecule has 0 aliphatic heterocycles. The van der Waals surface area contributed by atoms with Crippen LogP contribution in [0.1, 0.15) is 22.8 Å². The van der Waals surface area contributed by atoms with E-state index in [1.807, 2.05) is 13.0 Å². The van der Waals surface area contributed by atoms with Gasteiger partial charge < -0.3 is 9.47 Å². The van der Waals surface area contributed by atoms with Crippen LogP contribution in [0.15, 0.2) is 50.4 Å². The normalized spacial score (nSPS) is 10.4. The van der Waals surface area contributed by atoms with E-state index in [0.29, 0.717) is 32.6 Å². The molecule has 2 aromatic carbocycles. The molecule has 1 N–H and O–H groups in total. The summed E-state index contributed by atoms with van der Waals surface area (Å²) in [5, 5.41) is 4.00. The fraction of sp³-hybridized carbons (Fsp3) is 0.158. The van der Waals surface area contributed by atoms with Gasteiger partial charge in [-0.1, -0.05) is 18.1 Å². The molecule has 0 aliphatic rings. The predicted molar refractivity (Wildman–Crippen MR) is 109 cm³/mol. The van der Waals surface area contributed by atoms with Gasteiger partial charge in [-0.3, -0.25) is 4.79 Å². The summed E-state index contributed by atoms with van der Waals surface area (Å²) < 4.78 is 12.5. The molecule has 0 unspecified atom stereocenters. The summed E-state index contributed by atoms with van der Waals surface area (Å²) in [4.78, 5) is 12.1. The van der Waals surface area contributed by atoms with Crippen molar-refractivity contribution >= 4 is 44.0 Å². The number of hydrogen-bond donors (Lipinski definition) is 1. The summed E-state index contributed by atoms with van der Waals surface area (Å²) in [5.41, 5.74) is 3.72. The highest BCUT2D eigenvalue weighted by Crippen LogP contribution is 2.36. The van der Waals surface area contributed by atoms with Gasteiger partial charge in [0.25, 0.3) is 5.91 Å². The zero-order chi connectivity index (χ0) is 18.9. The van der Waals surface area contributed by atoms with Crippen molar-refractivity contribution < 1.29 is 14.3 Å². The number of nitrogens with one attached hydrogen (secondary N) is 1. The lowest BCUT2D eigenvalue weighted by atomic mass is 10.2. The molecule has 0 saturated carbocycles. The number of hydrazone groups is 1. The molecule has 0 fully saturated rings. The third-order valence-electron chi connectivity index (χ3n) is 3.13. The number of rotatable bonds is 7. The van der Waals surface area contributed by atoms with E-state index in [2.05, 4.69) is 48.3 Å². The Morgan fingerprint density at radius 2 is 2.04 bits per heavy atom. The van der Waals surface area contributed by atoms with E-state index in [1.54, 1.807) is 30.3 Å². The molecular weight excluding hydrogens is 464 g/mol. The van der Waals surface area contributed by atoms with E-state index in [0.717, 1.165) is 5.56 Å². The van der Waals surface area contributed by atoms with Crippen LogP contribution in [0.5, 0.6) is 11.5 Å². The highest BCUT2D eigenvalue weighted by molar-refractivity contribution is 9.10. The van der Waals surface area contributed by atoms with E-state index in [1.165, 1.54) is 6.21 Å². The Bertz CT molecular complexity index is 860. The van der Waals surface area contributed by atoms with Crippen LogP contribution < -0.4 is 14.9 Å². The molecule has 0 heterocycles. The topological polar surface area (TPSA) is 59.9 Å². The Kier molecular flexibility index (Phi) is 7.70. The molecule has 2 aromatic rings. The van der Waals surface area contributed by atoms with E-state index >= 15 is 0 Å². The highest BCUT2D eigenvalue weighted by Gasteiger charge is 2.12. The Hall–Kier alpha value is -2.30. The lowest BCUT2D eigenvalue weighted by Crippen LogP contribution is -2.18. The number of nitrogens with zero attached hydrogens (tertiary/aromatic N) is 1. The van der Waals surface area contributed by atoms with E-state index < -0.39 is 0 Å². The molecule has 5 nitrogen and oxygen atoms in total. The van der Waals surface area contributed by atoms with Gasteiger partial charge in [0, 0.05) is 4.47 Å². The van der Waals surface area contributed by atoms with Crippen LogP contribution in [0, 0.1) is 12.3 Å². The zero-order valence-corrected chi connectivity index (χ0v) is 17.1. The minimum absolute atomic E-state index is 0.133. The monoisotopic (exact) mass is 478 g/mol. The largest absolute Gasteiger partial charge is 0.490 e. The van der Waals surface area contributed by atoms with Crippen molar-refractivity contribution in [2.24, 2.45) is 5.10 Å². The van der Waals surface area contributed by atoms with Crippen LogP contribution in [0.4, 0.5) is 0 Å². The van der Waals surface area contributed by atoms with Crippen molar-refractivity contribution in [1.29, 1.82) is 0 Å². The second kappa shape index (κ2) is 10.00. The van der Waals surface area contributed by atoms with Gasteiger partial charge in [-0.2, -0.15) is 5.10 Å².